The molecule has 1 saturated carbocycles. The molecule has 3 rings (SSSR count). The van der Waals surface area contributed by atoms with E-state index < -0.39 is 0 Å². The molecule has 1 fully saturated rings. The van der Waals surface area contributed by atoms with Crippen LogP contribution in [0.25, 0.3) is 0 Å². The van der Waals surface area contributed by atoms with E-state index in [0.29, 0.717) is 12.0 Å². The molecule has 22 heavy (non-hydrogen) atoms. The molecule has 0 saturated heterocycles. The summed E-state index contributed by atoms with van der Waals surface area (Å²) in [7, 11) is 0. The van der Waals surface area contributed by atoms with Crippen molar-refractivity contribution in [2.45, 2.75) is 52.1 Å². The van der Waals surface area contributed by atoms with Gasteiger partial charge < -0.3 is 4.90 Å². The maximum atomic E-state index is 12.8. The molecule has 1 amide bonds. The largest absolute Gasteiger partial charge is 0.331 e. The molecule has 0 unspecified atom stereocenters. The number of hydrogen-bond acceptors (Lipinski definition) is 2. The summed E-state index contributed by atoms with van der Waals surface area (Å²) in [5.74, 6) is 0.743. The Labute approximate surface area is 136 Å². The zero-order valence-corrected chi connectivity index (χ0v) is 14.3. The standard InChI is InChI=1S/C19H23NOS/c1-13(2)16-6-4-15(5-7-16)12-20(17-8-9-17)19(21)18-14(3)10-11-22-18/h4-7,10-11,13,17H,8-9,12H2,1-3H3. The highest BCUT2D eigenvalue weighted by atomic mass is 32.1. The molecule has 1 aromatic carbocycles. The maximum absolute atomic E-state index is 12.8. The SMILES string of the molecule is Cc1ccsc1C(=O)N(Cc1ccc(C(C)C)cc1)C1CC1. The summed E-state index contributed by atoms with van der Waals surface area (Å²) in [5.41, 5.74) is 3.66. The third-order valence-electron chi connectivity index (χ3n) is 4.30. The van der Waals surface area contributed by atoms with Crippen molar-refractivity contribution < 1.29 is 4.79 Å². The second kappa shape index (κ2) is 6.25. The van der Waals surface area contributed by atoms with Crippen LogP contribution in [0.1, 0.15) is 59.0 Å². The van der Waals surface area contributed by atoms with E-state index in [1.54, 1.807) is 11.3 Å². The Morgan fingerprint density at radius 2 is 1.91 bits per heavy atom. The van der Waals surface area contributed by atoms with Gasteiger partial charge in [-0.15, -0.1) is 11.3 Å². The molecule has 2 nitrogen and oxygen atoms in total. The van der Waals surface area contributed by atoms with Crippen molar-refractivity contribution in [2.24, 2.45) is 0 Å². The summed E-state index contributed by atoms with van der Waals surface area (Å²) < 4.78 is 0. The predicted octanol–water partition coefficient (Wildman–Crippen LogP) is 4.98. The summed E-state index contributed by atoms with van der Waals surface area (Å²) in [5, 5.41) is 2.01. The number of hydrogen-bond donors (Lipinski definition) is 0. The van der Waals surface area contributed by atoms with E-state index in [2.05, 4.69) is 43.0 Å². The lowest BCUT2D eigenvalue weighted by atomic mass is 10.0. The van der Waals surface area contributed by atoms with E-state index in [9.17, 15) is 4.79 Å². The Morgan fingerprint density at radius 3 is 2.41 bits per heavy atom. The average Bonchev–Trinajstić information content (AvgIpc) is 3.26. The summed E-state index contributed by atoms with van der Waals surface area (Å²) in [4.78, 5) is 15.8. The molecule has 1 heterocycles. The van der Waals surface area contributed by atoms with E-state index in [-0.39, 0.29) is 5.91 Å². The lowest BCUT2D eigenvalue weighted by Gasteiger charge is -2.22. The first-order valence-electron chi connectivity index (χ1n) is 8.00. The van der Waals surface area contributed by atoms with E-state index in [1.165, 1.54) is 11.1 Å². The molecule has 2 aromatic rings. The number of aryl methyl sites for hydroxylation is 1. The first-order chi connectivity index (χ1) is 10.6. The molecule has 1 aliphatic rings. The first-order valence-corrected chi connectivity index (χ1v) is 8.88. The predicted molar refractivity (Wildman–Crippen MR) is 92.5 cm³/mol. The number of benzene rings is 1. The van der Waals surface area contributed by atoms with Crippen molar-refractivity contribution in [3.05, 3.63) is 57.3 Å². The van der Waals surface area contributed by atoms with E-state index in [0.717, 1.165) is 29.8 Å². The van der Waals surface area contributed by atoms with Crippen LogP contribution in [0.2, 0.25) is 0 Å². The van der Waals surface area contributed by atoms with Crippen LogP contribution < -0.4 is 0 Å². The second-order valence-electron chi connectivity index (χ2n) is 6.49. The number of amides is 1. The number of carbonyl (C=O) groups is 1. The van der Waals surface area contributed by atoms with Gasteiger partial charge in [-0.1, -0.05) is 38.1 Å². The van der Waals surface area contributed by atoms with Crippen molar-refractivity contribution in [1.82, 2.24) is 4.90 Å². The fraction of sp³-hybridized carbons (Fsp3) is 0.421. The highest BCUT2D eigenvalue weighted by Gasteiger charge is 2.33. The van der Waals surface area contributed by atoms with Crippen molar-refractivity contribution >= 4 is 17.2 Å². The molecule has 116 valence electrons. The first kappa shape index (κ1) is 15.3. The fourth-order valence-electron chi connectivity index (χ4n) is 2.68. The van der Waals surface area contributed by atoms with Gasteiger partial charge in [0.05, 0.1) is 4.88 Å². The van der Waals surface area contributed by atoms with Crippen LogP contribution >= 0.6 is 11.3 Å². The number of rotatable bonds is 5. The van der Waals surface area contributed by atoms with Crippen molar-refractivity contribution in [2.75, 3.05) is 0 Å². The molecule has 0 atom stereocenters. The normalized spacial score (nSPS) is 14.4. The number of carbonyl (C=O) groups excluding carboxylic acids is 1. The molecule has 0 N–H and O–H groups in total. The molecular formula is C19H23NOS. The molecule has 3 heteroatoms. The molecule has 0 bridgehead atoms. The van der Waals surface area contributed by atoms with E-state index >= 15 is 0 Å². The summed E-state index contributed by atoms with van der Waals surface area (Å²) in [6, 6.07) is 11.2. The molecular weight excluding hydrogens is 290 g/mol. The van der Waals surface area contributed by atoms with Gasteiger partial charge in [-0.3, -0.25) is 4.79 Å². The monoisotopic (exact) mass is 313 g/mol. The van der Waals surface area contributed by atoms with Gasteiger partial charge in [0.25, 0.3) is 5.91 Å². The summed E-state index contributed by atoms with van der Waals surface area (Å²) in [6.45, 7) is 7.15. The number of nitrogens with zero attached hydrogens (tertiary/aromatic N) is 1. The van der Waals surface area contributed by atoms with Gasteiger partial charge in [0.2, 0.25) is 0 Å². The topological polar surface area (TPSA) is 20.3 Å². The lowest BCUT2D eigenvalue weighted by Crippen LogP contribution is -2.32. The van der Waals surface area contributed by atoms with Crippen LogP contribution in [0, 0.1) is 6.92 Å². The Balaban J connectivity index is 1.77. The molecule has 0 radical (unpaired) electrons. The molecule has 0 spiro atoms. The Morgan fingerprint density at radius 1 is 1.23 bits per heavy atom. The minimum absolute atomic E-state index is 0.197. The fourth-order valence-corrected chi connectivity index (χ4v) is 3.56. The van der Waals surface area contributed by atoms with Gasteiger partial charge in [0, 0.05) is 12.6 Å². The van der Waals surface area contributed by atoms with Gasteiger partial charge in [0.15, 0.2) is 0 Å². The van der Waals surface area contributed by atoms with Crippen molar-refractivity contribution in [3.8, 4) is 0 Å². The van der Waals surface area contributed by atoms with Crippen LogP contribution in [0.3, 0.4) is 0 Å². The zero-order chi connectivity index (χ0) is 15.7. The highest BCUT2D eigenvalue weighted by Crippen LogP contribution is 2.31. The van der Waals surface area contributed by atoms with Gasteiger partial charge in [-0.05, 0) is 53.8 Å². The van der Waals surface area contributed by atoms with Crippen LogP contribution in [-0.4, -0.2) is 16.8 Å². The van der Waals surface area contributed by atoms with Gasteiger partial charge in [0.1, 0.15) is 0 Å². The third-order valence-corrected chi connectivity index (χ3v) is 5.31. The molecule has 1 aromatic heterocycles. The second-order valence-corrected chi connectivity index (χ2v) is 7.41. The zero-order valence-electron chi connectivity index (χ0n) is 13.5. The smallest absolute Gasteiger partial charge is 0.264 e. The highest BCUT2D eigenvalue weighted by molar-refractivity contribution is 7.12. The van der Waals surface area contributed by atoms with Crippen LogP contribution in [0.15, 0.2) is 35.7 Å². The molecule has 1 aliphatic carbocycles. The van der Waals surface area contributed by atoms with Gasteiger partial charge in [-0.25, -0.2) is 0 Å². The van der Waals surface area contributed by atoms with Crippen LogP contribution in [0.4, 0.5) is 0 Å². The summed E-state index contributed by atoms with van der Waals surface area (Å²) >= 11 is 1.56. The maximum Gasteiger partial charge on any atom is 0.264 e. The average molecular weight is 313 g/mol. The molecule has 0 aliphatic heterocycles. The third kappa shape index (κ3) is 3.25. The lowest BCUT2D eigenvalue weighted by molar-refractivity contribution is 0.0734. The van der Waals surface area contributed by atoms with Crippen molar-refractivity contribution in [3.63, 3.8) is 0 Å². The Hall–Kier alpha value is -1.61. The number of thiophene rings is 1. The summed E-state index contributed by atoms with van der Waals surface area (Å²) in [6.07, 6.45) is 2.28. The van der Waals surface area contributed by atoms with Crippen LogP contribution in [-0.2, 0) is 6.54 Å². The van der Waals surface area contributed by atoms with E-state index in [4.69, 9.17) is 0 Å². The Kier molecular flexibility index (Phi) is 4.34. The van der Waals surface area contributed by atoms with Gasteiger partial charge >= 0.3 is 0 Å². The van der Waals surface area contributed by atoms with Gasteiger partial charge in [-0.2, -0.15) is 0 Å². The quantitative estimate of drug-likeness (QED) is 0.762. The minimum Gasteiger partial charge on any atom is -0.331 e. The van der Waals surface area contributed by atoms with E-state index in [1.807, 2.05) is 18.4 Å². The minimum atomic E-state index is 0.197. The Bertz CT molecular complexity index is 652. The van der Waals surface area contributed by atoms with Crippen molar-refractivity contribution in [1.29, 1.82) is 0 Å². The van der Waals surface area contributed by atoms with Crippen LogP contribution in [0.5, 0.6) is 0 Å².